The predicted molar refractivity (Wildman–Crippen MR) is 76.6 cm³/mol. The quantitative estimate of drug-likeness (QED) is 0.790. The lowest BCUT2D eigenvalue weighted by molar-refractivity contribution is -0.0764. The molecule has 0 saturated carbocycles. The number of hydrogen-bond donors (Lipinski definition) is 0. The fourth-order valence-electron chi connectivity index (χ4n) is 2.75. The van der Waals surface area contributed by atoms with Gasteiger partial charge in [0.05, 0.1) is 24.4 Å². The van der Waals surface area contributed by atoms with Crippen molar-refractivity contribution in [1.29, 1.82) is 0 Å². The van der Waals surface area contributed by atoms with Crippen molar-refractivity contribution in [2.24, 2.45) is 0 Å². The van der Waals surface area contributed by atoms with Crippen molar-refractivity contribution >= 4 is 23.3 Å². The van der Waals surface area contributed by atoms with E-state index in [1.54, 1.807) is 0 Å². The number of benzene rings is 1. The van der Waals surface area contributed by atoms with Crippen molar-refractivity contribution in [1.82, 2.24) is 9.47 Å². The Morgan fingerprint density at radius 1 is 1.21 bits per heavy atom. The third kappa shape index (κ3) is 2.59. The van der Waals surface area contributed by atoms with Gasteiger partial charge in [-0.25, -0.2) is 0 Å². The number of rotatable bonds is 2. The minimum absolute atomic E-state index is 0.260. The summed E-state index contributed by atoms with van der Waals surface area (Å²) in [4.78, 5) is 2.89. The lowest BCUT2D eigenvalue weighted by Crippen LogP contribution is -2.45. The standard InChI is InChI=1S/C14H18N2O2S/c1-10-7-15(8-11(2)17-10)9-16-12-5-3-4-6-13(12)18-14(16)19/h3-6,10-11H,7-9H2,1-2H3. The normalized spacial score (nSPS) is 24.9. The summed E-state index contributed by atoms with van der Waals surface area (Å²) >= 11 is 5.32. The van der Waals surface area contributed by atoms with Gasteiger partial charge in [0.15, 0.2) is 5.58 Å². The van der Waals surface area contributed by atoms with Gasteiger partial charge in [-0.3, -0.25) is 9.47 Å². The second-order valence-corrected chi connectivity index (χ2v) is 5.55. The fourth-order valence-corrected chi connectivity index (χ4v) is 2.99. The number of aromatic nitrogens is 1. The molecule has 4 nitrogen and oxygen atoms in total. The highest BCUT2D eigenvalue weighted by atomic mass is 32.1. The minimum atomic E-state index is 0.260. The maximum absolute atomic E-state index is 5.75. The van der Waals surface area contributed by atoms with Crippen LogP contribution >= 0.6 is 12.2 Å². The number of ether oxygens (including phenoxy) is 1. The van der Waals surface area contributed by atoms with Crippen LogP contribution in [0.25, 0.3) is 11.1 Å². The lowest BCUT2D eigenvalue weighted by Gasteiger charge is -2.35. The molecular weight excluding hydrogens is 260 g/mol. The van der Waals surface area contributed by atoms with Crippen LogP contribution < -0.4 is 0 Å². The van der Waals surface area contributed by atoms with Gasteiger partial charge in [0, 0.05) is 13.1 Å². The van der Waals surface area contributed by atoms with Crippen LogP contribution in [-0.4, -0.2) is 34.8 Å². The highest BCUT2D eigenvalue weighted by molar-refractivity contribution is 7.71. The second-order valence-electron chi connectivity index (χ2n) is 5.20. The number of oxazole rings is 1. The summed E-state index contributed by atoms with van der Waals surface area (Å²) in [5.41, 5.74) is 1.90. The van der Waals surface area contributed by atoms with Crippen molar-refractivity contribution in [3.05, 3.63) is 29.1 Å². The molecule has 1 aliphatic rings. The van der Waals surface area contributed by atoms with Gasteiger partial charge in [-0.15, -0.1) is 0 Å². The maximum atomic E-state index is 5.75. The Hall–Kier alpha value is -1.17. The van der Waals surface area contributed by atoms with E-state index in [0.29, 0.717) is 4.84 Å². The highest BCUT2D eigenvalue weighted by Crippen LogP contribution is 2.19. The van der Waals surface area contributed by atoms with Crippen molar-refractivity contribution in [3.63, 3.8) is 0 Å². The lowest BCUT2D eigenvalue weighted by atomic mass is 10.2. The third-order valence-corrected chi connectivity index (χ3v) is 3.71. The monoisotopic (exact) mass is 278 g/mol. The van der Waals surface area contributed by atoms with Gasteiger partial charge in [-0.2, -0.15) is 0 Å². The van der Waals surface area contributed by atoms with Crippen LogP contribution in [0.15, 0.2) is 28.7 Å². The van der Waals surface area contributed by atoms with E-state index in [4.69, 9.17) is 21.4 Å². The Kier molecular flexibility index (Phi) is 3.43. The molecule has 2 unspecified atom stereocenters. The summed E-state index contributed by atoms with van der Waals surface area (Å²) in [5.74, 6) is 0. The zero-order valence-electron chi connectivity index (χ0n) is 11.2. The molecule has 0 N–H and O–H groups in total. The molecule has 2 heterocycles. The average molecular weight is 278 g/mol. The Balaban J connectivity index is 1.89. The molecule has 3 rings (SSSR count). The van der Waals surface area contributed by atoms with E-state index >= 15 is 0 Å². The molecule has 1 saturated heterocycles. The van der Waals surface area contributed by atoms with Crippen LogP contribution in [0.3, 0.4) is 0 Å². The summed E-state index contributed by atoms with van der Waals surface area (Å²) in [5, 5.41) is 0. The summed E-state index contributed by atoms with van der Waals surface area (Å²) in [6.07, 6.45) is 0.521. The van der Waals surface area contributed by atoms with Gasteiger partial charge in [-0.1, -0.05) is 12.1 Å². The van der Waals surface area contributed by atoms with Gasteiger partial charge in [0.25, 0.3) is 4.84 Å². The van der Waals surface area contributed by atoms with Crippen molar-refractivity contribution in [3.8, 4) is 0 Å². The SMILES string of the molecule is CC1CN(Cn2c(=S)oc3ccccc32)CC(C)O1. The van der Waals surface area contributed by atoms with Crippen LogP contribution in [0.1, 0.15) is 13.8 Å². The number of hydrogen-bond acceptors (Lipinski definition) is 4. The van der Waals surface area contributed by atoms with Crippen LogP contribution in [0.4, 0.5) is 0 Å². The molecule has 5 heteroatoms. The first-order valence-electron chi connectivity index (χ1n) is 6.59. The number of para-hydroxylation sites is 2. The van der Waals surface area contributed by atoms with E-state index < -0.39 is 0 Å². The van der Waals surface area contributed by atoms with Crippen LogP contribution in [0, 0.1) is 4.84 Å². The van der Waals surface area contributed by atoms with Crippen LogP contribution in [-0.2, 0) is 11.4 Å². The van der Waals surface area contributed by atoms with Gasteiger partial charge in [0.1, 0.15) is 0 Å². The molecule has 19 heavy (non-hydrogen) atoms. The number of fused-ring (bicyclic) bond motifs is 1. The molecule has 0 aliphatic carbocycles. The van der Waals surface area contributed by atoms with Crippen molar-refractivity contribution in [2.45, 2.75) is 32.7 Å². The molecule has 102 valence electrons. The first-order chi connectivity index (χ1) is 9.13. The summed E-state index contributed by atoms with van der Waals surface area (Å²) in [6, 6.07) is 7.96. The zero-order chi connectivity index (χ0) is 13.4. The van der Waals surface area contributed by atoms with Crippen LogP contribution in [0.5, 0.6) is 0 Å². The molecule has 2 atom stereocenters. The first-order valence-corrected chi connectivity index (χ1v) is 7.00. The molecular formula is C14H18N2O2S. The summed E-state index contributed by atoms with van der Waals surface area (Å²) in [7, 11) is 0. The van der Waals surface area contributed by atoms with Gasteiger partial charge in [0.2, 0.25) is 0 Å². The zero-order valence-corrected chi connectivity index (χ0v) is 12.0. The largest absolute Gasteiger partial charge is 0.429 e. The second kappa shape index (κ2) is 5.07. The van der Waals surface area contributed by atoms with Gasteiger partial charge in [-0.05, 0) is 38.2 Å². The smallest absolute Gasteiger partial charge is 0.270 e. The van der Waals surface area contributed by atoms with Crippen molar-refractivity contribution in [2.75, 3.05) is 13.1 Å². The fraction of sp³-hybridized carbons (Fsp3) is 0.500. The van der Waals surface area contributed by atoms with E-state index in [2.05, 4.69) is 23.3 Å². The molecule has 2 aromatic rings. The maximum Gasteiger partial charge on any atom is 0.270 e. The van der Waals surface area contributed by atoms with Crippen LogP contribution in [0.2, 0.25) is 0 Å². The molecule has 1 aliphatic heterocycles. The van der Waals surface area contributed by atoms with E-state index in [1.807, 2.05) is 24.3 Å². The van der Waals surface area contributed by atoms with E-state index in [9.17, 15) is 0 Å². The van der Waals surface area contributed by atoms with Gasteiger partial charge >= 0.3 is 0 Å². The Labute approximate surface area is 117 Å². The Morgan fingerprint density at radius 3 is 2.63 bits per heavy atom. The summed E-state index contributed by atoms with van der Waals surface area (Å²) in [6.45, 7) is 6.82. The first kappa shape index (κ1) is 12.8. The van der Waals surface area contributed by atoms with E-state index in [1.165, 1.54) is 0 Å². The van der Waals surface area contributed by atoms with Gasteiger partial charge < -0.3 is 9.15 Å². The Bertz CT molecular complexity index is 624. The van der Waals surface area contributed by atoms with Crippen molar-refractivity contribution < 1.29 is 9.15 Å². The molecule has 1 fully saturated rings. The molecule has 1 aromatic carbocycles. The van der Waals surface area contributed by atoms with E-state index in [-0.39, 0.29) is 12.2 Å². The number of nitrogens with zero attached hydrogens (tertiary/aromatic N) is 2. The molecule has 0 bridgehead atoms. The third-order valence-electron chi connectivity index (χ3n) is 3.41. The highest BCUT2D eigenvalue weighted by Gasteiger charge is 2.23. The molecule has 1 aromatic heterocycles. The Morgan fingerprint density at radius 2 is 1.89 bits per heavy atom. The molecule has 0 spiro atoms. The molecule has 0 radical (unpaired) electrons. The molecule has 0 amide bonds. The number of morpholine rings is 1. The topological polar surface area (TPSA) is 30.5 Å². The van der Waals surface area contributed by atoms with E-state index in [0.717, 1.165) is 30.9 Å². The summed E-state index contributed by atoms with van der Waals surface area (Å²) < 4.78 is 13.4. The minimum Gasteiger partial charge on any atom is -0.429 e. The average Bonchev–Trinajstić information content (AvgIpc) is 2.65. The predicted octanol–water partition coefficient (Wildman–Crippen LogP) is 3.03.